The second kappa shape index (κ2) is 8.31. The molecule has 1 heterocycles. The van der Waals surface area contributed by atoms with E-state index in [1.807, 2.05) is 18.2 Å². The van der Waals surface area contributed by atoms with Crippen LogP contribution in [0.2, 0.25) is 5.02 Å². The van der Waals surface area contributed by atoms with Crippen LogP contribution in [0.25, 0.3) is 0 Å². The SMILES string of the molecule is COc1ccc(NC(=O)[C@H]2CC(=O)N(Cc3ccccc3Cl)C2)c(OC)c1. The van der Waals surface area contributed by atoms with Gasteiger partial charge in [0.25, 0.3) is 0 Å². The van der Waals surface area contributed by atoms with Gasteiger partial charge in [0.2, 0.25) is 11.8 Å². The van der Waals surface area contributed by atoms with E-state index in [4.69, 9.17) is 21.1 Å². The fourth-order valence-corrected chi connectivity index (χ4v) is 3.26. The molecule has 1 atom stereocenters. The summed E-state index contributed by atoms with van der Waals surface area (Å²) in [6.07, 6.45) is 0.175. The van der Waals surface area contributed by atoms with Crippen molar-refractivity contribution >= 4 is 29.1 Å². The van der Waals surface area contributed by atoms with Crippen molar-refractivity contribution in [1.29, 1.82) is 0 Å². The molecule has 3 rings (SSSR count). The highest BCUT2D eigenvalue weighted by atomic mass is 35.5. The first kappa shape index (κ1) is 19.0. The lowest BCUT2D eigenvalue weighted by atomic mass is 10.1. The van der Waals surface area contributed by atoms with Crippen LogP contribution in [-0.2, 0) is 16.1 Å². The van der Waals surface area contributed by atoms with Crippen LogP contribution < -0.4 is 14.8 Å². The predicted octanol–water partition coefficient (Wildman–Crippen LogP) is 3.34. The van der Waals surface area contributed by atoms with E-state index in [0.717, 1.165) is 5.56 Å². The summed E-state index contributed by atoms with van der Waals surface area (Å²) in [4.78, 5) is 26.6. The number of hydrogen-bond donors (Lipinski definition) is 1. The van der Waals surface area contributed by atoms with Crippen LogP contribution in [0, 0.1) is 5.92 Å². The molecule has 2 aromatic rings. The van der Waals surface area contributed by atoms with Gasteiger partial charge in [-0.3, -0.25) is 9.59 Å². The van der Waals surface area contributed by atoms with E-state index in [0.29, 0.717) is 35.3 Å². The van der Waals surface area contributed by atoms with Gasteiger partial charge in [0, 0.05) is 30.6 Å². The standard InChI is InChI=1S/C20H21ClN2O4/c1-26-15-7-8-17(18(10-15)27-2)22-20(25)14-9-19(24)23(12-14)11-13-5-3-4-6-16(13)21/h3-8,10,14H,9,11-12H2,1-2H3,(H,22,25)/t14-/m0/s1. The Morgan fingerprint density at radius 1 is 1.22 bits per heavy atom. The van der Waals surface area contributed by atoms with Crippen LogP contribution in [0.1, 0.15) is 12.0 Å². The number of carbonyl (C=O) groups excluding carboxylic acids is 2. The van der Waals surface area contributed by atoms with Gasteiger partial charge in [0.05, 0.1) is 25.8 Å². The van der Waals surface area contributed by atoms with E-state index in [2.05, 4.69) is 5.32 Å². The zero-order valence-electron chi connectivity index (χ0n) is 15.2. The Labute approximate surface area is 163 Å². The van der Waals surface area contributed by atoms with Gasteiger partial charge < -0.3 is 19.7 Å². The summed E-state index contributed by atoms with van der Waals surface area (Å²) in [5, 5.41) is 3.46. The summed E-state index contributed by atoms with van der Waals surface area (Å²) in [5.41, 5.74) is 1.41. The van der Waals surface area contributed by atoms with Crippen LogP contribution in [0.5, 0.6) is 11.5 Å². The van der Waals surface area contributed by atoms with Gasteiger partial charge in [0.1, 0.15) is 11.5 Å². The molecule has 0 spiro atoms. The van der Waals surface area contributed by atoms with Gasteiger partial charge in [-0.15, -0.1) is 0 Å². The van der Waals surface area contributed by atoms with Crippen molar-refractivity contribution < 1.29 is 19.1 Å². The molecule has 0 radical (unpaired) electrons. The summed E-state index contributed by atoms with van der Waals surface area (Å²) >= 11 is 6.17. The molecule has 0 unspecified atom stereocenters. The van der Waals surface area contributed by atoms with Crippen LogP contribution >= 0.6 is 11.6 Å². The van der Waals surface area contributed by atoms with Crippen LogP contribution in [0.4, 0.5) is 5.69 Å². The largest absolute Gasteiger partial charge is 0.497 e. The Hall–Kier alpha value is -2.73. The molecule has 0 saturated carbocycles. The number of amides is 2. The molecular weight excluding hydrogens is 368 g/mol. The number of anilines is 1. The third kappa shape index (κ3) is 4.34. The van der Waals surface area contributed by atoms with E-state index < -0.39 is 5.92 Å². The van der Waals surface area contributed by atoms with Crippen LogP contribution in [-0.4, -0.2) is 37.5 Å². The van der Waals surface area contributed by atoms with Gasteiger partial charge >= 0.3 is 0 Å². The van der Waals surface area contributed by atoms with Crippen molar-refractivity contribution in [1.82, 2.24) is 4.90 Å². The highest BCUT2D eigenvalue weighted by Gasteiger charge is 2.34. The number of carbonyl (C=O) groups is 2. The Bertz CT molecular complexity index is 856. The second-order valence-electron chi connectivity index (χ2n) is 6.32. The van der Waals surface area contributed by atoms with Gasteiger partial charge in [-0.25, -0.2) is 0 Å². The van der Waals surface area contributed by atoms with Gasteiger partial charge in [-0.05, 0) is 23.8 Å². The number of nitrogens with one attached hydrogen (secondary N) is 1. The topological polar surface area (TPSA) is 67.9 Å². The van der Waals surface area contributed by atoms with E-state index in [1.165, 1.54) is 7.11 Å². The van der Waals surface area contributed by atoms with Crippen molar-refractivity contribution in [3.63, 3.8) is 0 Å². The van der Waals surface area contributed by atoms with Crippen molar-refractivity contribution in [2.24, 2.45) is 5.92 Å². The summed E-state index contributed by atoms with van der Waals surface area (Å²) < 4.78 is 10.5. The van der Waals surface area contributed by atoms with Gasteiger partial charge in [-0.2, -0.15) is 0 Å². The number of nitrogens with zero attached hydrogens (tertiary/aromatic N) is 1. The zero-order valence-corrected chi connectivity index (χ0v) is 16.0. The molecule has 142 valence electrons. The molecule has 1 N–H and O–H groups in total. The van der Waals surface area contributed by atoms with Crippen LogP contribution in [0.3, 0.4) is 0 Å². The van der Waals surface area contributed by atoms with E-state index >= 15 is 0 Å². The highest BCUT2D eigenvalue weighted by Crippen LogP contribution is 2.30. The lowest BCUT2D eigenvalue weighted by Gasteiger charge is -2.18. The number of ether oxygens (including phenoxy) is 2. The number of hydrogen-bond acceptors (Lipinski definition) is 4. The maximum absolute atomic E-state index is 12.6. The smallest absolute Gasteiger partial charge is 0.229 e. The Morgan fingerprint density at radius 2 is 2.00 bits per heavy atom. The minimum absolute atomic E-state index is 0.0586. The summed E-state index contributed by atoms with van der Waals surface area (Å²) in [6, 6.07) is 12.5. The Kier molecular flexibility index (Phi) is 5.86. The molecule has 0 aromatic heterocycles. The molecule has 1 saturated heterocycles. The number of methoxy groups -OCH3 is 2. The zero-order chi connectivity index (χ0) is 19.4. The monoisotopic (exact) mass is 388 g/mol. The molecule has 1 aliphatic heterocycles. The maximum Gasteiger partial charge on any atom is 0.229 e. The average Bonchev–Trinajstić information content (AvgIpc) is 3.04. The number of rotatable bonds is 6. The van der Waals surface area contributed by atoms with E-state index in [1.54, 1.807) is 36.3 Å². The Morgan fingerprint density at radius 3 is 2.70 bits per heavy atom. The quantitative estimate of drug-likeness (QED) is 0.824. The average molecular weight is 389 g/mol. The molecule has 0 bridgehead atoms. The lowest BCUT2D eigenvalue weighted by Crippen LogP contribution is -2.28. The minimum Gasteiger partial charge on any atom is -0.497 e. The van der Waals surface area contributed by atoms with Crippen molar-refractivity contribution in [2.45, 2.75) is 13.0 Å². The van der Waals surface area contributed by atoms with E-state index in [9.17, 15) is 9.59 Å². The first-order chi connectivity index (χ1) is 13.0. The third-order valence-corrected chi connectivity index (χ3v) is 4.94. The molecule has 2 amide bonds. The van der Waals surface area contributed by atoms with Crippen molar-refractivity contribution in [3.8, 4) is 11.5 Å². The molecular formula is C20H21ClN2O4. The fraction of sp³-hybridized carbons (Fsp3) is 0.300. The summed E-state index contributed by atoms with van der Waals surface area (Å²) in [6.45, 7) is 0.752. The summed E-state index contributed by atoms with van der Waals surface area (Å²) in [5.74, 6) is 0.434. The first-order valence-electron chi connectivity index (χ1n) is 8.56. The normalized spacial score (nSPS) is 16.3. The number of benzene rings is 2. The highest BCUT2D eigenvalue weighted by molar-refractivity contribution is 6.31. The molecule has 27 heavy (non-hydrogen) atoms. The molecule has 7 heteroatoms. The molecule has 2 aromatic carbocycles. The number of halogens is 1. The second-order valence-corrected chi connectivity index (χ2v) is 6.73. The minimum atomic E-state index is -0.424. The maximum atomic E-state index is 12.6. The molecule has 1 fully saturated rings. The van der Waals surface area contributed by atoms with Crippen molar-refractivity contribution in [3.05, 3.63) is 53.1 Å². The molecule has 0 aliphatic carbocycles. The molecule has 6 nitrogen and oxygen atoms in total. The van der Waals surface area contributed by atoms with Crippen LogP contribution in [0.15, 0.2) is 42.5 Å². The fourth-order valence-electron chi connectivity index (χ4n) is 3.07. The molecule has 1 aliphatic rings. The van der Waals surface area contributed by atoms with Gasteiger partial charge in [-0.1, -0.05) is 29.8 Å². The lowest BCUT2D eigenvalue weighted by molar-refractivity contribution is -0.128. The Balaban J connectivity index is 1.66. The number of likely N-dealkylation sites (tertiary alicyclic amines) is 1. The van der Waals surface area contributed by atoms with Gasteiger partial charge in [0.15, 0.2) is 0 Å². The summed E-state index contributed by atoms with van der Waals surface area (Å²) in [7, 11) is 3.08. The first-order valence-corrected chi connectivity index (χ1v) is 8.93. The predicted molar refractivity (Wildman–Crippen MR) is 103 cm³/mol. The van der Waals surface area contributed by atoms with E-state index in [-0.39, 0.29) is 18.2 Å². The third-order valence-electron chi connectivity index (χ3n) is 4.57. The van der Waals surface area contributed by atoms with Crippen molar-refractivity contribution in [2.75, 3.05) is 26.1 Å².